The van der Waals surface area contributed by atoms with Gasteiger partial charge in [0, 0.05) is 31.7 Å². The maximum Gasteiger partial charge on any atom is 0.262 e. The summed E-state index contributed by atoms with van der Waals surface area (Å²) >= 11 is 0. The number of carbonyl (C=O) groups is 2. The van der Waals surface area contributed by atoms with E-state index in [9.17, 15) is 9.59 Å². The van der Waals surface area contributed by atoms with Crippen LogP contribution in [0.15, 0.2) is 72.9 Å². The normalized spacial score (nSPS) is 13.5. The zero-order valence-electron chi connectivity index (χ0n) is 18.0. The van der Waals surface area contributed by atoms with Crippen molar-refractivity contribution in [1.82, 2.24) is 9.88 Å². The number of aromatic nitrogens is 1. The first-order valence-corrected chi connectivity index (χ1v) is 10.6. The van der Waals surface area contributed by atoms with Gasteiger partial charge in [-0.1, -0.05) is 35.9 Å². The van der Waals surface area contributed by atoms with E-state index in [1.165, 1.54) is 0 Å². The summed E-state index contributed by atoms with van der Waals surface area (Å²) in [5.41, 5.74) is 2.47. The van der Waals surface area contributed by atoms with Crippen molar-refractivity contribution in [2.24, 2.45) is 0 Å². The quantitative estimate of drug-likeness (QED) is 0.649. The molecule has 0 aliphatic carbocycles. The van der Waals surface area contributed by atoms with E-state index in [0.29, 0.717) is 37.6 Å². The minimum absolute atomic E-state index is 0.0633. The summed E-state index contributed by atoms with van der Waals surface area (Å²) in [7, 11) is 0. The van der Waals surface area contributed by atoms with Crippen molar-refractivity contribution in [3.8, 4) is 5.75 Å². The van der Waals surface area contributed by atoms with Crippen LogP contribution in [-0.2, 0) is 4.79 Å². The molecule has 7 heteroatoms. The zero-order valence-corrected chi connectivity index (χ0v) is 18.0. The van der Waals surface area contributed by atoms with Crippen molar-refractivity contribution in [3.05, 3.63) is 84.1 Å². The Morgan fingerprint density at radius 1 is 0.938 bits per heavy atom. The van der Waals surface area contributed by atoms with Crippen LogP contribution in [0.4, 0.5) is 11.5 Å². The number of anilines is 2. The Morgan fingerprint density at radius 2 is 1.66 bits per heavy atom. The van der Waals surface area contributed by atoms with E-state index in [0.717, 1.165) is 16.9 Å². The predicted molar refractivity (Wildman–Crippen MR) is 124 cm³/mol. The van der Waals surface area contributed by atoms with Gasteiger partial charge in [0.1, 0.15) is 11.6 Å². The second kappa shape index (κ2) is 9.96. The largest absolute Gasteiger partial charge is 0.484 e. The van der Waals surface area contributed by atoms with Crippen molar-refractivity contribution in [2.75, 3.05) is 43.0 Å². The van der Waals surface area contributed by atoms with Crippen molar-refractivity contribution >= 4 is 23.3 Å². The number of amides is 2. The number of piperazine rings is 1. The van der Waals surface area contributed by atoms with Crippen molar-refractivity contribution in [2.45, 2.75) is 6.92 Å². The molecule has 3 aromatic rings. The van der Waals surface area contributed by atoms with Crippen LogP contribution in [0.2, 0.25) is 0 Å². The number of hydrogen-bond donors (Lipinski definition) is 1. The molecule has 2 aromatic carbocycles. The maximum absolute atomic E-state index is 12.7. The van der Waals surface area contributed by atoms with Crippen LogP contribution < -0.4 is 15.0 Å². The standard InChI is InChI=1S/C25H26N4O3/c1-19-7-9-20(10-8-19)25(31)29-15-13-28(14-16-29)23-12-11-21(17-26-23)27-24(30)18-32-22-5-3-2-4-6-22/h2-12,17H,13-16,18H2,1H3,(H,27,30). The van der Waals surface area contributed by atoms with Gasteiger partial charge < -0.3 is 19.9 Å². The lowest BCUT2D eigenvalue weighted by Gasteiger charge is -2.35. The maximum atomic E-state index is 12.7. The smallest absolute Gasteiger partial charge is 0.262 e. The highest BCUT2D eigenvalue weighted by Crippen LogP contribution is 2.18. The molecule has 7 nitrogen and oxygen atoms in total. The number of aryl methyl sites for hydroxylation is 1. The van der Waals surface area contributed by atoms with Gasteiger partial charge in [0.05, 0.1) is 11.9 Å². The van der Waals surface area contributed by atoms with Gasteiger partial charge >= 0.3 is 0 Å². The van der Waals surface area contributed by atoms with E-state index in [1.807, 2.05) is 66.4 Å². The summed E-state index contributed by atoms with van der Waals surface area (Å²) < 4.78 is 5.45. The van der Waals surface area contributed by atoms with E-state index < -0.39 is 0 Å². The van der Waals surface area contributed by atoms with Crippen LogP contribution in [0.25, 0.3) is 0 Å². The summed E-state index contributed by atoms with van der Waals surface area (Å²) in [4.78, 5) is 33.3. The number of carbonyl (C=O) groups excluding carboxylic acids is 2. The third kappa shape index (κ3) is 5.43. The molecule has 0 radical (unpaired) electrons. The number of nitrogens with zero attached hydrogens (tertiary/aromatic N) is 3. The number of benzene rings is 2. The summed E-state index contributed by atoms with van der Waals surface area (Å²) in [6, 6.07) is 20.6. The second-order valence-corrected chi connectivity index (χ2v) is 7.70. The minimum Gasteiger partial charge on any atom is -0.484 e. The SMILES string of the molecule is Cc1ccc(C(=O)N2CCN(c3ccc(NC(=O)COc4ccccc4)cn3)CC2)cc1. The van der Waals surface area contributed by atoms with Gasteiger partial charge in [-0.15, -0.1) is 0 Å². The fourth-order valence-corrected chi connectivity index (χ4v) is 3.53. The Morgan fingerprint density at radius 3 is 2.31 bits per heavy atom. The lowest BCUT2D eigenvalue weighted by molar-refractivity contribution is -0.118. The first-order valence-electron chi connectivity index (χ1n) is 10.6. The number of para-hydroxylation sites is 1. The van der Waals surface area contributed by atoms with Crippen molar-refractivity contribution in [3.63, 3.8) is 0 Å². The fourth-order valence-electron chi connectivity index (χ4n) is 3.53. The molecule has 1 aliphatic heterocycles. The number of hydrogen-bond acceptors (Lipinski definition) is 5. The highest BCUT2D eigenvalue weighted by atomic mass is 16.5. The van der Waals surface area contributed by atoms with Crippen LogP contribution in [-0.4, -0.2) is 54.5 Å². The van der Waals surface area contributed by atoms with Gasteiger partial charge in [-0.2, -0.15) is 0 Å². The Kier molecular flexibility index (Phi) is 6.65. The second-order valence-electron chi connectivity index (χ2n) is 7.70. The Bertz CT molecular complexity index is 1040. The zero-order chi connectivity index (χ0) is 22.3. The molecule has 0 atom stereocenters. The van der Waals surface area contributed by atoms with E-state index in [2.05, 4.69) is 15.2 Å². The number of nitrogens with one attached hydrogen (secondary N) is 1. The van der Waals surface area contributed by atoms with Gasteiger partial charge in [0.2, 0.25) is 0 Å². The monoisotopic (exact) mass is 430 g/mol. The lowest BCUT2D eigenvalue weighted by atomic mass is 10.1. The average Bonchev–Trinajstić information content (AvgIpc) is 2.84. The third-order valence-electron chi connectivity index (χ3n) is 5.33. The van der Waals surface area contributed by atoms with E-state index in [4.69, 9.17) is 4.74 Å². The number of ether oxygens (including phenoxy) is 1. The Labute approximate surface area is 187 Å². The molecule has 0 saturated carbocycles. The van der Waals surface area contributed by atoms with E-state index >= 15 is 0 Å². The Balaban J connectivity index is 1.26. The molecular formula is C25H26N4O3. The van der Waals surface area contributed by atoms with Crippen LogP contribution in [0.5, 0.6) is 5.75 Å². The van der Waals surface area contributed by atoms with E-state index in [1.54, 1.807) is 18.3 Å². The van der Waals surface area contributed by atoms with Crippen LogP contribution >= 0.6 is 0 Å². The molecule has 164 valence electrons. The summed E-state index contributed by atoms with van der Waals surface area (Å²) in [6.45, 7) is 4.65. The molecule has 0 spiro atoms. The molecule has 1 aliphatic rings. The first kappa shape index (κ1) is 21.4. The fraction of sp³-hybridized carbons (Fsp3) is 0.240. The molecule has 1 fully saturated rings. The third-order valence-corrected chi connectivity index (χ3v) is 5.33. The molecule has 0 bridgehead atoms. The van der Waals surface area contributed by atoms with Gasteiger partial charge in [-0.3, -0.25) is 9.59 Å². The molecule has 2 amide bonds. The molecule has 32 heavy (non-hydrogen) atoms. The summed E-state index contributed by atoms with van der Waals surface area (Å²) in [5.74, 6) is 1.29. The van der Waals surface area contributed by atoms with E-state index in [-0.39, 0.29) is 18.4 Å². The summed E-state index contributed by atoms with van der Waals surface area (Å²) in [6.07, 6.45) is 1.64. The van der Waals surface area contributed by atoms with Crippen molar-refractivity contribution < 1.29 is 14.3 Å². The number of pyridine rings is 1. The predicted octanol–water partition coefficient (Wildman–Crippen LogP) is 3.37. The average molecular weight is 431 g/mol. The Hall–Kier alpha value is -3.87. The van der Waals surface area contributed by atoms with Crippen LogP contribution in [0, 0.1) is 6.92 Å². The molecule has 1 aromatic heterocycles. The minimum atomic E-state index is -0.244. The highest BCUT2D eigenvalue weighted by Gasteiger charge is 2.22. The molecule has 1 saturated heterocycles. The molecule has 4 rings (SSSR count). The van der Waals surface area contributed by atoms with Gasteiger partial charge in [0.15, 0.2) is 6.61 Å². The van der Waals surface area contributed by atoms with Gasteiger partial charge in [-0.25, -0.2) is 4.98 Å². The molecule has 2 heterocycles. The van der Waals surface area contributed by atoms with Crippen LogP contribution in [0.3, 0.4) is 0 Å². The summed E-state index contributed by atoms with van der Waals surface area (Å²) in [5, 5.41) is 2.79. The molecule has 1 N–H and O–H groups in total. The topological polar surface area (TPSA) is 74.8 Å². The van der Waals surface area contributed by atoms with Crippen molar-refractivity contribution in [1.29, 1.82) is 0 Å². The van der Waals surface area contributed by atoms with Gasteiger partial charge in [-0.05, 0) is 43.3 Å². The lowest BCUT2D eigenvalue weighted by Crippen LogP contribution is -2.49. The number of rotatable bonds is 6. The molecular weight excluding hydrogens is 404 g/mol. The van der Waals surface area contributed by atoms with Crippen LogP contribution in [0.1, 0.15) is 15.9 Å². The highest BCUT2D eigenvalue weighted by molar-refractivity contribution is 5.94. The molecule has 0 unspecified atom stereocenters. The first-order chi connectivity index (χ1) is 15.6. The van der Waals surface area contributed by atoms with Gasteiger partial charge in [0.25, 0.3) is 11.8 Å².